The third-order valence-corrected chi connectivity index (χ3v) is 3.00. The summed E-state index contributed by atoms with van der Waals surface area (Å²) in [5.74, 6) is 0.227. The van der Waals surface area contributed by atoms with Gasteiger partial charge in [-0.05, 0) is 31.7 Å². The van der Waals surface area contributed by atoms with Crippen LogP contribution in [0.5, 0.6) is 0 Å². The maximum atomic E-state index is 12.0. The number of rotatable bonds is 3. The van der Waals surface area contributed by atoms with Crippen LogP contribution in [0.3, 0.4) is 0 Å². The summed E-state index contributed by atoms with van der Waals surface area (Å²) in [6.07, 6.45) is 3.45. The summed E-state index contributed by atoms with van der Waals surface area (Å²) in [4.78, 5) is 12.0. The number of Topliss-reactive ketones (excluding diaryl/α,β-unsaturated/α-hetero) is 1. The minimum atomic E-state index is -0.158. The number of carbonyl (C=O) groups excluding carboxylic acids is 1. The van der Waals surface area contributed by atoms with Crippen molar-refractivity contribution in [1.29, 1.82) is 0 Å². The number of benzene rings is 1. The van der Waals surface area contributed by atoms with E-state index in [9.17, 15) is 4.79 Å². The SMILES string of the molecule is Cc1cccc(CC(=O)C2CCCCO2)c1. The molecule has 2 nitrogen and oxygen atoms in total. The number of carbonyl (C=O) groups is 1. The zero-order chi connectivity index (χ0) is 11.4. The standard InChI is InChI=1S/C14H18O2/c1-11-5-4-6-12(9-11)10-13(15)14-7-2-3-8-16-14/h4-6,9,14H,2-3,7-8,10H2,1H3. The number of ether oxygens (including phenoxy) is 1. The van der Waals surface area contributed by atoms with Gasteiger partial charge in [0.25, 0.3) is 0 Å². The van der Waals surface area contributed by atoms with Crippen molar-refractivity contribution in [2.75, 3.05) is 6.61 Å². The Kier molecular flexibility index (Phi) is 3.73. The summed E-state index contributed by atoms with van der Waals surface area (Å²) >= 11 is 0. The van der Waals surface area contributed by atoms with Crippen LogP contribution in [0.15, 0.2) is 24.3 Å². The fourth-order valence-corrected chi connectivity index (χ4v) is 2.13. The van der Waals surface area contributed by atoms with Crippen LogP contribution in [-0.2, 0) is 16.0 Å². The summed E-state index contributed by atoms with van der Waals surface area (Å²) in [7, 11) is 0. The Morgan fingerprint density at radius 1 is 1.44 bits per heavy atom. The lowest BCUT2D eigenvalue weighted by Gasteiger charge is -2.21. The van der Waals surface area contributed by atoms with Gasteiger partial charge in [0.05, 0.1) is 0 Å². The van der Waals surface area contributed by atoms with E-state index in [0.717, 1.165) is 31.4 Å². The van der Waals surface area contributed by atoms with E-state index in [0.29, 0.717) is 6.42 Å². The van der Waals surface area contributed by atoms with E-state index < -0.39 is 0 Å². The molecule has 0 amide bonds. The van der Waals surface area contributed by atoms with E-state index in [-0.39, 0.29) is 11.9 Å². The summed E-state index contributed by atoms with van der Waals surface area (Å²) in [5.41, 5.74) is 2.30. The summed E-state index contributed by atoms with van der Waals surface area (Å²) < 4.78 is 5.49. The van der Waals surface area contributed by atoms with E-state index in [1.54, 1.807) is 0 Å². The second-order valence-corrected chi connectivity index (χ2v) is 4.49. The molecule has 1 atom stereocenters. The normalized spacial score (nSPS) is 20.7. The molecule has 1 aliphatic rings. The van der Waals surface area contributed by atoms with Crippen molar-refractivity contribution in [3.05, 3.63) is 35.4 Å². The molecule has 0 aliphatic carbocycles. The Morgan fingerprint density at radius 2 is 2.31 bits per heavy atom. The molecule has 1 fully saturated rings. The van der Waals surface area contributed by atoms with Gasteiger partial charge in [-0.1, -0.05) is 29.8 Å². The van der Waals surface area contributed by atoms with Crippen LogP contribution < -0.4 is 0 Å². The molecule has 86 valence electrons. The largest absolute Gasteiger partial charge is 0.370 e. The molecule has 1 aliphatic heterocycles. The van der Waals surface area contributed by atoms with Crippen LogP contribution in [-0.4, -0.2) is 18.5 Å². The fourth-order valence-electron chi connectivity index (χ4n) is 2.13. The molecule has 2 heteroatoms. The predicted octanol–water partition coefficient (Wildman–Crippen LogP) is 2.68. The van der Waals surface area contributed by atoms with Gasteiger partial charge in [0, 0.05) is 13.0 Å². The fraction of sp³-hybridized carbons (Fsp3) is 0.500. The van der Waals surface area contributed by atoms with Gasteiger partial charge in [-0.2, -0.15) is 0 Å². The van der Waals surface area contributed by atoms with Crippen molar-refractivity contribution in [3.8, 4) is 0 Å². The summed E-state index contributed by atoms with van der Waals surface area (Å²) in [6.45, 7) is 2.79. The Hall–Kier alpha value is -1.15. The highest BCUT2D eigenvalue weighted by Crippen LogP contribution is 2.16. The lowest BCUT2D eigenvalue weighted by atomic mass is 9.99. The van der Waals surface area contributed by atoms with Crippen LogP contribution in [0, 0.1) is 6.92 Å². The van der Waals surface area contributed by atoms with E-state index in [1.165, 1.54) is 5.56 Å². The van der Waals surface area contributed by atoms with Gasteiger partial charge in [-0.15, -0.1) is 0 Å². The van der Waals surface area contributed by atoms with Crippen LogP contribution in [0.1, 0.15) is 30.4 Å². The van der Waals surface area contributed by atoms with Gasteiger partial charge < -0.3 is 4.74 Å². The van der Waals surface area contributed by atoms with Gasteiger partial charge in [-0.3, -0.25) is 4.79 Å². The van der Waals surface area contributed by atoms with Gasteiger partial charge in [0.15, 0.2) is 5.78 Å². The highest BCUT2D eigenvalue weighted by atomic mass is 16.5. The van der Waals surface area contributed by atoms with Crippen LogP contribution >= 0.6 is 0 Å². The van der Waals surface area contributed by atoms with Crippen molar-refractivity contribution >= 4 is 5.78 Å². The first kappa shape index (κ1) is 11.3. The molecule has 0 N–H and O–H groups in total. The highest BCUT2D eigenvalue weighted by molar-refractivity contribution is 5.85. The Bertz CT molecular complexity index is 365. The van der Waals surface area contributed by atoms with Gasteiger partial charge in [0.2, 0.25) is 0 Å². The molecule has 2 rings (SSSR count). The zero-order valence-electron chi connectivity index (χ0n) is 9.74. The Balaban J connectivity index is 1.96. The summed E-state index contributed by atoms with van der Waals surface area (Å²) in [5, 5.41) is 0. The monoisotopic (exact) mass is 218 g/mol. The van der Waals surface area contributed by atoms with Crippen molar-refractivity contribution in [3.63, 3.8) is 0 Å². The van der Waals surface area contributed by atoms with Crippen LogP contribution in [0.4, 0.5) is 0 Å². The predicted molar refractivity (Wildman–Crippen MR) is 63.5 cm³/mol. The van der Waals surface area contributed by atoms with Gasteiger partial charge in [-0.25, -0.2) is 0 Å². The van der Waals surface area contributed by atoms with E-state index in [2.05, 4.69) is 6.07 Å². The minimum absolute atomic E-state index is 0.158. The average molecular weight is 218 g/mol. The Labute approximate surface area is 96.6 Å². The second kappa shape index (κ2) is 5.26. The maximum absolute atomic E-state index is 12.0. The molecule has 1 aromatic carbocycles. The molecule has 0 aromatic heterocycles. The van der Waals surface area contributed by atoms with Gasteiger partial charge in [0.1, 0.15) is 6.10 Å². The Morgan fingerprint density at radius 3 is 3.00 bits per heavy atom. The molecule has 0 bridgehead atoms. The molecule has 1 unspecified atom stereocenters. The van der Waals surface area contributed by atoms with Crippen LogP contribution in [0.25, 0.3) is 0 Å². The molecule has 1 aromatic rings. The van der Waals surface area contributed by atoms with Crippen molar-refractivity contribution < 1.29 is 9.53 Å². The van der Waals surface area contributed by atoms with Crippen molar-refractivity contribution in [2.45, 2.75) is 38.7 Å². The number of aryl methyl sites for hydroxylation is 1. The molecular weight excluding hydrogens is 200 g/mol. The van der Waals surface area contributed by atoms with E-state index >= 15 is 0 Å². The quantitative estimate of drug-likeness (QED) is 0.779. The molecule has 0 spiro atoms. The maximum Gasteiger partial charge on any atom is 0.165 e. The molecule has 1 heterocycles. The lowest BCUT2D eigenvalue weighted by Crippen LogP contribution is -2.29. The topological polar surface area (TPSA) is 26.3 Å². The third kappa shape index (κ3) is 2.92. The molecule has 0 radical (unpaired) electrons. The summed E-state index contributed by atoms with van der Waals surface area (Å²) in [6, 6.07) is 8.12. The average Bonchev–Trinajstić information content (AvgIpc) is 2.30. The van der Waals surface area contributed by atoms with Gasteiger partial charge >= 0.3 is 0 Å². The number of hydrogen-bond donors (Lipinski definition) is 0. The van der Waals surface area contributed by atoms with Crippen LogP contribution in [0.2, 0.25) is 0 Å². The molecule has 1 saturated heterocycles. The minimum Gasteiger partial charge on any atom is -0.370 e. The highest BCUT2D eigenvalue weighted by Gasteiger charge is 2.21. The first-order valence-corrected chi connectivity index (χ1v) is 5.95. The van der Waals surface area contributed by atoms with E-state index in [4.69, 9.17) is 4.74 Å². The van der Waals surface area contributed by atoms with Crippen molar-refractivity contribution in [2.24, 2.45) is 0 Å². The first-order chi connectivity index (χ1) is 7.75. The molecule has 16 heavy (non-hydrogen) atoms. The molecule has 0 saturated carbocycles. The van der Waals surface area contributed by atoms with Crippen molar-refractivity contribution in [1.82, 2.24) is 0 Å². The van der Waals surface area contributed by atoms with E-state index in [1.807, 2.05) is 25.1 Å². The molecular formula is C14H18O2. The number of hydrogen-bond acceptors (Lipinski definition) is 2. The first-order valence-electron chi connectivity index (χ1n) is 5.95. The third-order valence-electron chi connectivity index (χ3n) is 3.00. The zero-order valence-corrected chi connectivity index (χ0v) is 9.74. The smallest absolute Gasteiger partial charge is 0.165 e. The lowest BCUT2D eigenvalue weighted by molar-refractivity contribution is -0.132. The second-order valence-electron chi connectivity index (χ2n) is 4.49. The number of ketones is 1.